The number of benzene rings is 1. The second-order valence-corrected chi connectivity index (χ2v) is 7.54. The van der Waals surface area contributed by atoms with Gasteiger partial charge in [-0.15, -0.1) is 0 Å². The molecule has 0 radical (unpaired) electrons. The Balaban J connectivity index is 2.09. The highest BCUT2D eigenvalue weighted by Gasteiger charge is 2.43. The molecule has 0 N–H and O–H groups in total. The van der Waals surface area contributed by atoms with Crippen molar-refractivity contribution in [2.24, 2.45) is 7.05 Å². The molecule has 4 nitrogen and oxygen atoms in total. The van der Waals surface area contributed by atoms with Crippen LogP contribution in [0.2, 0.25) is 0 Å². The largest absolute Gasteiger partial charge is 0.335 e. The van der Waals surface area contributed by atoms with E-state index in [4.69, 9.17) is 0 Å². The average molecular weight is 365 g/mol. The number of rotatable bonds is 0. The topological polar surface area (TPSA) is 28.5 Å². The Labute approximate surface area is 149 Å². The van der Waals surface area contributed by atoms with Crippen LogP contribution >= 0.6 is 0 Å². The molecule has 0 bridgehead atoms. The highest BCUT2D eigenvalue weighted by Crippen LogP contribution is 2.41. The van der Waals surface area contributed by atoms with Gasteiger partial charge < -0.3 is 9.47 Å². The predicted octanol–water partition coefficient (Wildman–Crippen LogP) is 2.88. The van der Waals surface area contributed by atoms with Crippen molar-refractivity contribution in [3.05, 3.63) is 39.2 Å². The van der Waals surface area contributed by atoms with E-state index in [1.165, 1.54) is 24.6 Å². The Morgan fingerprint density at radius 1 is 1.23 bits per heavy atom. The summed E-state index contributed by atoms with van der Waals surface area (Å²) in [5.41, 5.74) is 0.368. The van der Waals surface area contributed by atoms with Crippen LogP contribution in [0.1, 0.15) is 24.5 Å². The summed E-state index contributed by atoms with van der Waals surface area (Å²) < 4.78 is 45.6. The van der Waals surface area contributed by atoms with Gasteiger partial charge in [0.1, 0.15) is 5.82 Å². The summed E-state index contributed by atoms with van der Waals surface area (Å²) in [6.45, 7) is 3.77. The van der Waals surface area contributed by atoms with E-state index in [1.807, 2.05) is 11.9 Å². The molecule has 0 amide bonds. The molecule has 0 aliphatic carbocycles. The van der Waals surface area contributed by atoms with Crippen molar-refractivity contribution in [2.75, 3.05) is 18.5 Å². The molecule has 26 heavy (non-hydrogen) atoms. The van der Waals surface area contributed by atoms with Crippen LogP contribution in [0.5, 0.6) is 0 Å². The van der Waals surface area contributed by atoms with Gasteiger partial charge in [-0.3, -0.25) is 9.69 Å². The quantitative estimate of drug-likeness (QED) is 0.672. The van der Waals surface area contributed by atoms with Gasteiger partial charge in [0.25, 0.3) is 5.56 Å². The van der Waals surface area contributed by atoms with Gasteiger partial charge >= 0.3 is 0 Å². The van der Waals surface area contributed by atoms with Gasteiger partial charge in [0.15, 0.2) is 12.1 Å². The highest BCUT2D eigenvalue weighted by atomic mass is 19.1. The number of likely N-dealkylation sites (N-methyl/N-ethyl adjacent to an activating group) is 1. The fourth-order valence-corrected chi connectivity index (χ4v) is 4.38. The third-order valence-electron chi connectivity index (χ3n) is 6.10. The molecule has 2 aliphatic rings. The van der Waals surface area contributed by atoms with Crippen LogP contribution in [-0.4, -0.2) is 41.4 Å². The molecule has 1 saturated heterocycles. The summed E-state index contributed by atoms with van der Waals surface area (Å²) in [5.74, 6) is -1.45. The number of pyridine rings is 1. The maximum absolute atomic E-state index is 15.3. The lowest BCUT2D eigenvalue weighted by atomic mass is 9.90. The summed E-state index contributed by atoms with van der Waals surface area (Å²) in [6.07, 6.45) is -0.228. The summed E-state index contributed by atoms with van der Waals surface area (Å²) in [7, 11) is 3.35. The van der Waals surface area contributed by atoms with E-state index in [0.717, 1.165) is 0 Å². The molecule has 2 aromatic rings. The number of hydrogen-bond acceptors (Lipinski definition) is 3. The summed E-state index contributed by atoms with van der Waals surface area (Å²) >= 11 is 0. The van der Waals surface area contributed by atoms with Crippen LogP contribution < -0.4 is 10.5 Å². The first-order valence-electron chi connectivity index (χ1n) is 8.86. The zero-order chi connectivity index (χ0) is 18.9. The number of anilines is 1. The van der Waals surface area contributed by atoms with Crippen LogP contribution in [0.4, 0.5) is 18.9 Å². The normalized spacial score (nSPS) is 26.1. The van der Waals surface area contributed by atoms with Crippen molar-refractivity contribution in [2.45, 2.75) is 45.1 Å². The molecule has 0 saturated carbocycles. The van der Waals surface area contributed by atoms with Crippen LogP contribution in [0, 0.1) is 18.6 Å². The summed E-state index contributed by atoms with van der Waals surface area (Å²) in [4.78, 5) is 16.4. The smallest absolute Gasteiger partial charge is 0.256 e. The molecular weight excluding hydrogens is 343 g/mol. The van der Waals surface area contributed by atoms with Gasteiger partial charge in [-0.25, -0.2) is 13.2 Å². The lowest BCUT2D eigenvalue weighted by molar-refractivity contribution is 0.0826. The third-order valence-corrected chi connectivity index (χ3v) is 6.10. The van der Waals surface area contributed by atoms with Crippen LogP contribution in [-0.2, 0) is 13.5 Å². The van der Waals surface area contributed by atoms with E-state index >= 15 is 4.39 Å². The molecule has 4 rings (SSSR count). The van der Waals surface area contributed by atoms with Gasteiger partial charge in [-0.2, -0.15) is 0 Å². The molecule has 2 aliphatic heterocycles. The molecule has 3 unspecified atom stereocenters. The van der Waals surface area contributed by atoms with Crippen molar-refractivity contribution in [1.82, 2.24) is 9.47 Å². The number of aromatic nitrogens is 1. The zero-order valence-electron chi connectivity index (χ0n) is 15.3. The number of aryl methyl sites for hydroxylation is 1. The van der Waals surface area contributed by atoms with Crippen molar-refractivity contribution in [3.8, 4) is 0 Å². The number of piperazine rings is 1. The fraction of sp³-hybridized carbons (Fsp3) is 0.526. The van der Waals surface area contributed by atoms with Crippen molar-refractivity contribution >= 4 is 16.6 Å². The first kappa shape index (κ1) is 17.4. The van der Waals surface area contributed by atoms with E-state index in [1.54, 1.807) is 11.8 Å². The van der Waals surface area contributed by atoms with E-state index in [2.05, 4.69) is 0 Å². The minimum absolute atomic E-state index is 0.0343. The standard InChI is InChI=1S/C19H22F3N3O/c1-9-14(20)7-13-16-12(19(26)24(4)17(13)15(9)21)6-5-11-8-23(3)10(2)18(22)25(11)16/h7,10-11,18H,5-6,8H2,1-4H3. The van der Waals surface area contributed by atoms with Gasteiger partial charge in [0, 0.05) is 36.1 Å². The highest BCUT2D eigenvalue weighted by molar-refractivity contribution is 5.95. The Bertz CT molecular complexity index is 971. The van der Waals surface area contributed by atoms with Crippen molar-refractivity contribution < 1.29 is 13.2 Å². The molecule has 3 heterocycles. The van der Waals surface area contributed by atoms with E-state index in [-0.39, 0.29) is 34.1 Å². The summed E-state index contributed by atoms with van der Waals surface area (Å²) in [6, 6.07) is 0.738. The Morgan fingerprint density at radius 2 is 1.92 bits per heavy atom. The van der Waals surface area contributed by atoms with Crippen LogP contribution in [0.25, 0.3) is 10.9 Å². The molecule has 1 aromatic heterocycles. The molecule has 0 spiro atoms. The minimum Gasteiger partial charge on any atom is -0.335 e. The van der Waals surface area contributed by atoms with Crippen molar-refractivity contribution in [1.29, 1.82) is 0 Å². The molecule has 140 valence electrons. The van der Waals surface area contributed by atoms with Crippen LogP contribution in [0.3, 0.4) is 0 Å². The van der Waals surface area contributed by atoms with Gasteiger partial charge in [-0.1, -0.05) is 0 Å². The molecular formula is C19H22F3N3O. The predicted molar refractivity (Wildman–Crippen MR) is 95.4 cm³/mol. The first-order chi connectivity index (χ1) is 12.2. The second kappa shape index (κ2) is 5.74. The zero-order valence-corrected chi connectivity index (χ0v) is 15.3. The Kier molecular flexibility index (Phi) is 3.84. The maximum Gasteiger partial charge on any atom is 0.256 e. The molecule has 1 fully saturated rings. The second-order valence-electron chi connectivity index (χ2n) is 7.54. The number of halogens is 3. The Hall–Kier alpha value is -2.02. The van der Waals surface area contributed by atoms with Gasteiger partial charge in [0.05, 0.1) is 17.2 Å². The Morgan fingerprint density at radius 3 is 2.62 bits per heavy atom. The fourth-order valence-electron chi connectivity index (χ4n) is 4.38. The monoisotopic (exact) mass is 365 g/mol. The SMILES string of the molecule is Cc1c(F)cc2c3c(c(=O)n(C)c2c1F)CCC1CN(C)C(C)C(F)N31. The number of nitrogens with zero attached hydrogens (tertiary/aromatic N) is 3. The molecule has 1 aromatic carbocycles. The molecule has 7 heteroatoms. The van der Waals surface area contributed by atoms with Crippen LogP contribution in [0.15, 0.2) is 10.9 Å². The molecule has 3 atom stereocenters. The lowest BCUT2D eigenvalue weighted by Gasteiger charge is -2.50. The van der Waals surface area contributed by atoms with Crippen molar-refractivity contribution in [3.63, 3.8) is 0 Å². The van der Waals surface area contributed by atoms with E-state index < -0.39 is 17.9 Å². The van der Waals surface area contributed by atoms with E-state index in [0.29, 0.717) is 30.6 Å². The third kappa shape index (κ3) is 2.16. The van der Waals surface area contributed by atoms with E-state index in [9.17, 15) is 13.6 Å². The number of fused-ring (bicyclic) bond motifs is 5. The van der Waals surface area contributed by atoms with Gasteiger partial charge in [0.2, 0.25) is 0 Å². The minimum atomic E-state index is -1.35. The van der Waals surface area contributed by atoms with Gasteiger partial charge in [-0.05, 0) is 39.8 Å². The number of hydrogen-bond donors (Lipinski definition) is 0. The first-order valence-corrected chi connectivity index (χ1v) is 8.86. The number of alkyl halides is 1. The summed E-state index contributed by atoms with van der Waals surface area (Å²) in [5, 5.41) is 0.270. The maximum atomic E-state index is 15.3. The average Bonchev–Trinajstić information content (AvgIpc) is 2.61. The lowest BCUT2D eigenvalue weighted by Crippen LogP contribution is -2.62.